The lowest BCUT2D eigenvalue weighted by Crippen LogP contribution is -2.29. The standard InChI is InChI=1S/C14H18N2OS/c1-2-3-6-9-15-14(17)16-12-10-18-13-8-5-4-7-11(12)13/h4-5,7-8,10H,2-3,6,9H2,1H3,(H2,15,16,17). The molecule has 4 heteroatoms. The van der Waals surface area contributed by atoms with E-state index in [4.69, 9.17) is 0 Å². The predicted octanol–water partition coefficient (Wildman–Crippen LogP) is 4.21. The van der Waals surface area contributed by atoms with Crippen LogP contribution in [0.5, 0.6) is 0 Å². The van der Waals surface area contributed by atoms with Crippen molar-refractivity contribution in [2.24, 2.45) is 0 Å². The van der Waals surface area contributed by atoms with Crippen LogP contribution in [0.1, 0.15) is 26.2 Å². The van der Waals surface area contributed by atoms with Crippen LogP contribution >= 0.6 is 11.3 Å². The van der Waals surface area contributed by atoms with Gasteiger partial charge in [-0.25, -0.2) is 4.79 Å². The Morgan fingerprint density at radius 2 is 2.11 bits per heavy atom. The fourth-order valence-corrected chi connectivity index (χ4v) is 2.71. The first-order chi connectivity index (χ1) is 8.81. The highest BCUT2D eigenvalue weighted by molar-refractivity contribution is 7.17. The van der Waals surface area contributed by atoms with E-state index in [1.54, 1.807) is 11.3 Å². The number of nitrogens with one attached hydrogen (secondary N) is 2. The van der Waals surface area contributed by atoms with Crippen LogP contribution in [-0.4, -0.2) is 12.6 Å². The van der Waals surface area contributed by atoms with Crippen molar-refractivity contribution in [3.63, 3.8) is 0 Å². The van der Waals surface area contributed by atoms with Crippen LogP contribution in [0.25, 0.3) is 10.1 Å². The van der Waals surface area contributed by atoms with Crippen molar-refractivity contribution in [1.82, 2.24) is 5.32 Å². The summed E-state index contributed by atoms with van der Waals surface area (Å²) in [5, 5.41) is 8.86. The second-order valence-corrected chi connectivity index (χ2v) is 5.14. The summed E-state index contributed by atoms with van der Waals surface area (Å²) >= 11 is 1.65. The zero-order chi connectivity index (χ0) is 12.8. The van der Waals surface area contributed by atoms with Gasteiger partial charge in [-0.15, -0.1) is 11.3 Å². The molecule has 2 rings (SSSR count). The molecule has 3 nitrogen and oxygen atoms in total. The highest BCUT2D eigenvalue weighted by Gasteiger charge is 2.06. The molecule has 1 aromatic carbocycles. The lowest BCUT2D eigenvalue weighted by molar-refractivity contribution is 0.252. The van der Waals surface area contributed by atoms with Crippen molar-refractivity contribution in [3.8, 4) is 0 Å². The zero-order valence-electron chi connectivity index (χ0n) is 10.5. The summed E-state index contributed by atoms with van der Waals surface area (Å²) in [5.74, 6) is 0. The van der Waals surface area contributed by atoms with Gasteiger partial charge in [-0.2, -0.15) is 0 Å². The minimum atomic E-state index is -0.116. The van der Waals surface area contributed by atoms with Gasteiger partial charge in [0, 0.05) is 22.0 Å². The zero-order valence-corrected chi connectivity index (χ0v) is 11.3. The maximum Gasteiger partial charge on any atom is 0.319 e. The third-order valence-corrected chi connectivity index (χ3v) is 3.76. The largest absolute Gasteiger partial charge is 0.338 e. The second kappa shape index (κ2) is 6.40. The predicted molar refractivity (Wildman–Crippen MR) is 78.4 cm³/mol. The number of amides is 2. The van der Waals surface area contributed by atoms with E-state index in [2.05, 4.69) is 23.6 Å². The first-order valence-corrected chi connectivity index (χ1v) is 7.20. The molecule has 0 saturated heterocycles. The van der Waals surface area contributed by atoms with Crippen LogP contribution < -0.4 is 10.6 Å². The molecule has 0 aliphatic heterocycles. The van der Waals surface area contributed by atoms with Crippen molar-refractivity contribution >= 4 is 33.1 Å². The monoisotopic (exact) mass is 262 g/mol. The summed E-state index contributed by atoms with van der Waals surface area (Å²) in [6.45, 7) is 2.89. The van der Waals surface area contributed by atoms with Gasteiger partial charge in [-0.3, -0.25) is 0 Å². The lowest BCUT2D eigenvalue weighted by Gasteiger charge is -2.06. The Labute approximate surface area is 111 Å². The Kier molecular flexibility index (Phi) is 4.59. The first kappa shape index (κ1) is 12.9. The van der Waals surface area contributed by atoms with E-state index < -0.39 is 0 Å². The minimum absolute atomic E-state index is 0.116. The maximum atomic E-state index is 11.7. The Morgan fingerprint density at radius 1 is 1.28 bits per heavy atom. The average molecular weight is 262 g/mol. The van der Waals surface area contributed by atoms with Gasteiger partial charge in [0.15, 0.2) is 0 Å². The second-order valence-electron chi connectivity index (χ2n) is 4.23. The van der Waals surface area contributed by atoms with E-state index in [1.165, 1.54) is 11.1 Å². The normalized spacial score (nSPS) is 10.5. The Morgan fingerprint density at radius 3 is 2.94 bits per heavy atom. The fraction of sp³-hybridized carbons (Fsp3) is 0.357. The number of benzene rings is 1. The Bertz CT molecular complexity index is 521. The molecule has 0 aliphatic rings. The minimum Gasteiger partial charge on any atom is -0.338 e. The van der Waals surface area contributed by atoms with Crippen LogP contribution in [0, 0.1) is 0 Å². The molecule has 2 amide bonds. The van der Waals surface area contributed by atoms with Crippen LogP contribution in [0.4, 0.5) is 10.5 Å². The summed E-state index contributed by atoms with van der Waals surface area (Å²) in [6, 6.07) is 7.96. The molecule has 96 valence electrons. The van der Waals surface area contributed by atoms with Crippen molar-refractivity contribution < 1.29 is 4.79 Å². The van der Waals surface area contributed by atoms with Gasteiger partial charge in [0.25, 0.3) is 0 Å². The smallest absolute Gasteiger partial charge is 0.319 e. The van der Waals surface area contributed by atoms with Gasteiger partial charge in [0.05, 0.1) is 5.69 Å². The van der Waals surface area contributed by atoms with Crippen LogP contribution in [0.2, 0.25) is 0 Å². The number of hydrogen-bond donors (Lipinski definition) is 2. The van der Waals surface area contributed by atoms with E-state index in [1.807, 2.05) is 23.6 Å². The van der Waals surface area contributed by atoms with Crippen LogP contribution in [0.15, 0.2) is 29.6 Å². The summed E-state index contributed by atoms with van der Waals surface area (Å²) in [5.41, 5.74) is 0.892. The van der Waals surface area contributed by atoms with Crippen molar-refractivity contribution in [2.45, 2.75) is 26.2 Å². The van der Waals surface area contributed by atoms with Crippen LogP contribution in [0.3, 0.4) is 0 Å². The van der Waals surface area contributed by atoms with E-state index in [9.17, 15) is 4.79 Å². The molecular weight excluding hydrogens is 244 g/mol. The molecule has 0 fully saturated rings. The van der Waals surface area contributed by atoms with E-state index in [0.29, 0.717) is 0 Å². The molecule has 0 bridgehead atoms. The number of fused-ring (bicyclic) bond motifs is 1. The number of thiophene rings is 1. The third-order valence-electron chi connectivity index (χ3n) is 2.80. The first-order valence-electron chi connectivity index (χ1n) is 6.32. The number of anilines is 1. The molecule has 0 aliphatic carbocycles. The molecule has 1 aromatic heterocycles. The average Bonchev–Trinajstić information content (AvgIpc) is 2.78. The van der Waals surface area contributed by atoms with Gasteiger partial charge < -0.3 is 10.6 Å². The third kappa shape index (κ3) is 3.23. The number of rotatable bonds is 5. The topological polar surface area (TPSA) is 41.1 Å². The highest BCUT2D eigenvalue weighted by Crippen LogP contribution is 2.29. The number of hydrogen-bond acceptors (Lipinski definition) is 2. The van der Waals surface area contributed by atoms with Gasteiger partial charge in [-0.1, -0.05) is 38.0 Å². The number of urea groups is 1. The fourth-order valence-electron chi connectivity index (χ4n) is 1.82. The van der Waals surface area contributed by atoms with Crippen molar-refractivity contribution in [2.75, 3.05) is 11.9 Å². The molecule has 0 saturated carbocycles. The van der Waals surface area contributed by atoms with Crippen molar-refractivity contribution in [3.05, 3.63) is 29.6 Å². The van der Waals surface area contributed by atoms with Crippen LogP contribution in [-0.2, 0) is 0 Å². The molecule has 0 atom stereocenters. The quantitative estimate of drug-likeness (QED) is 0.778. The lowest BCUT2D eigenvalue weighted by atomic mass is 10.2. The van der Waals surface area contributed by atoms with Gasteiger partial charge in [-0.05, 0) is 12.5 Å². The van der Waals surface area contributed by atoms with Gasteiger partial charge >= 0.3 is 6.03 Å². The summed E-state index contributed by atoms with van der Waals surface area (Å²) < 4.78 is 1.19. The molecule has 1 heterocycles. The summed E-state index contributed by atoms with van der Waals surface area (Å²) in [7, 11) is 0. The van der Waals surface area contributed by atoms with Gasteiger partial charge in [0.1, 0.15) is 0 Å². The molecule has 2 N–H and O–H groups in total. The maximum absolute atomic E-state index is 11.7. The number of carbonyl (C=O) groups excluding carboxylic acids is 1. The SMILES string of the molecule is CCCCCNC(=O)Nc1csc2ccccc12. The molecule has 18 heavy (non-hydrogen) atoms. The number of unbranched alkanes of at least 4 members (excludes halogenated alkanes) is 2. The van der Waals surface area contributed by atoms with Crippen molar-refractivity contribution in [1.29, 1.82) is 0 Å². The summed E-state index contributed by atoms with van der Waals surface area (Å²) in [4.78, 5) is 11.7. The molecule has 0 spiro atoms. The Balaban J connectivity index is 1.91. The van der Waals surface area contributed by atoms with E-state index >= 15 is 0 Å². The molecule has 0 unspecified atom stereocenters. The summed E-state index contributed by atoms with van der Waals surface area (Å²) in [6.07, 6.45) is 3.36. The van der Waals surface area contributed by atoms with E-state index in [0.717, 1.165) is 30.5 Å². The Hall–Kier alpha value is -1.55. The van der Waals surface area contributed by atoms with E-state index in [-0.39, 0.29) is 6.03 Å². The molecular formula is C14H18N2OS. The van der Waals surface area contributed by atoms with Gasteiger partial charge in [0.2, 0.25) is 0 Å². The molecule has 2 aromatic rings. The highest BCUT2D eigenvalue weighted by atomic mass is 32.1. The number of carbonyl (C=O) groups is 1. The molecule has 0 radical (unpaired) electrons.